The minimum Gasteiger partial charge on any atom is -0.493 e. The zero-order valence-corrected chi connectivity index (χ0v) is 17.7. The van der Waals surface area contributed by atoms with E-state index in [2.05, 4.69) is 15.5 Å². The molecule has 2 amide bonds. The van der Waals surface area contributed by atoms with E-state index in [-0.39, 0.29) is 18.4 Å². The van der Waals surface area contributed by atoms with Gasteiger partial charge in [0.05, 0.1) is 19.1 Å². The first kappa shape index (κ1) is 20.2. The van der Waals surface area contributed by atoms with Crippen LogP contribution in [0.5, 0.6) is 11.5 Å². The second-order valence-corrected chi connectivity index (χ2v) is 8.41. The van der Waals surface area contributed by atoms with E-state index >= 15 is 0 Å². The van der Waals surface area contributed by atoms with Crippen LogP contribution in [-0.4, -0.2) is 52.0 Å². The summed E-state index contributed by atoms with van der Waals surface area (Å²) in [5, 5.41) is 11.4. The fourth-order valence-electron chi connectivity index (χ4n) is 2.38. The number of nitrogens with zero attached hydrogens (tertiary/aromatic N) is 3. The van der Waals surface area contributed by atoms with Crippen LogP contribution in [-0.2, 0) is 9.59 Å². The molecule has 8 nitrogen and oxygen atoms in total. The van der Waals surface area contributed by atoms with Gasteiger partial charge >= 0.3 is 0 Å². The zero-order valence-electron chi connectivity index (χ0n) is 15.2. The van der Waals surface area contributed by atoms with Gasteiger partial charge in [-0.3, -0.25) is 19.8 Å². The third-order valence-electron chi connectivity index (χ3n) is 3.65. The fourth-order valence-corrected chi connectivity index (χ4v) is 4.24. The van der Waals surface area contributed by atoms with E-state index in [4.69, 9.17) is 21.7 Å². The molecule has 3 rings (SSSR count). The first-order valence-corrected chi connectivity index (χ1v) is 10.0. The largest absolute Gasteiger partial charge is 0.493 e. The van der Waals surface area contributed by atoms with E-state index < -0.39 is 0 Å². The Labute approximate surface area is 174 Å². The number of hydrogen-bond acceptors (Lipinski definition) is 9. The zero-order chi connectivity index (χ0) is 20.3. The minimum atomic E-state index is -0.389. The molecular formula is C17H16N4O4S3. The minimum absolute atomic E-state index is 0.188. The van der Waals surface area contributed by atoms with Crippen LogP contribution in [0.1, 0.15) is 10.6 Å². The van der Waals surface area contributed by atoms with Crippen molar-refractivity contribution in [3.8, 4) is 11.5 Å². The van der Waals surface area contributed by atoms with Crippen molar-refractivity contribution < 1.29 is 19.1 Å². The van der Waals surface area contributed by atoms with Crippen LogP contribution in [0, 0.1) is 6.92 Å². The van der Waals surface area contributed by atoms with E-state index in [1.54, 1.807) is 45.4 Å². The van der Waals surface area contributed by atoms with Crippen molar-refractivity contribution >= 4 is 62.7 Å². The number of aryl methyl sites for hydroxylation is 1. The summed E-state index contributed by atoms with van der Waals surface area (Å²) in [5.74, 6) is 0.433. The SMILES string of the molecule is COc1ccc(C=C2SC(=S)N(CC(=O)Nc3nnc(C)s3)C2=O)cc1OC. The number of anilines is 1. The van der Waals surface area contributed by atoms with Gasteiger partial charge in [0.15, 0.2) is 11.5 Å². The number of carbonyl (C=O) groups excluding carboxylic acids is 2. The molecule has 0 bridgehead atoms. The Balaban J connectivity index is 1.72. The molecule has 28 heavy (non-hydrogen) atoms. The summed E-state index contributed by atoms with van der Waals surface area (Å²) in [6.07, 6.45) is 1.70. The quantitative estimate of drug-likeness (QED) is 0.546. The summed E-state index contributed by atoms with van der Waals surface area (Å²) in [6.45, 7) is 1.60. The van der Waals surface area contributed by atoms with Gasteiger partial charge in [-0.05, 0) is 30.7 Å². The number of ether oxygens (including phenoxy) is 2. The Bertz CT molecular complexity index is 973. The van der Waals surface area contributed by atoms with Crippen molar-refractivity contribution in [1.82, 2.24) is 15.1 Å². The first-order valence-electron chi connectivity index (χ1n) is 7.98. The molecule has 0 unspecified atom stereocenters. The third-order valence-corrected chi connectivity index (χ3v) is 5.78. The predicted octanol–water partition coefficient (Wildman–Crippen LogP) is 2.70. The van der Waals surface area contributed by atoms with Crippen LogP contribution >= 0.6 is 35.3 Å². The first-order chi connectivity index (χ1) is 13.4. The predicted molar refractivity (Wildman–Crippen MR) is 113 cm³/mol. The van der Waals surface area contributed by atoms with Crippen molar-refractivity contribution in [3.63, 3.8) is 0 Å². The Hall–Kier alpha value is -2.50. The lowest BCUT2D eigenvalue weighted by atomic mass is 10.2. The molecule has 146 valence electrons. The summed E-state index contributed by atoms with van der Waals surface area (Å²) in [6, 6.07) is 5.32. The normalized spacial score (nSPS) is 15.2. The summed E-state index contributed by atoms with van der Waals surface area (Å²) in [4.78, 5) is 26.6. The van der Waals surface area contributed by atoms with Gasteiger partial charge in [-0.1, -0.05) is 41.4 Å². The number of hydrogen-bond donors (Lipinski definition) is 1. The lowest BCUT2D eigenvalue weighted by Crippen LogP contribution is -2.36. The molecule has 2 heterocycles. The highest BCUT2D eigenvalue weighted by Gasteiger charge is 2.33. The van der Waals surface area contributed by atoms with Crippen LogP contribution in [0.25, 0.3) is 6.08 Å². The molecule has 11 heteroatoms. The molecule has 0 spiro atoms. The van der Waals surface area contributed by atoms with Crippen molar-refractivity contribution in [3.05, 3.63) is 33.7 Å². The molecular weight excluding hydrogens is 420 g/mol. The molecule has 0 radical (unpaired) electrons. The molecule has 1 aromatic carbocycles. The second-order valence-electron chi connectivity index (χ2n) is 5.56. The van der Waals surface area contributed by atoms with E-state index in [0.717, 1.165) is 22.3 Å². The summed E-state index contributed by atoms with van der Waals surface area (Å²) >= 11 is 7.66. The standard InChI is InChI=1S/C17H16N4O4S3/c1-9-19-20-16(27-9)18-14(22)8-21-15(23)13(28-17(21)26)7-10-4-5-11(24-2)12(6-10)25-3/h4-7H,8H2,1-3H3,(H,18,20,22). The van der Waals surface area contributed by atoms with Crippen LogP contribution in [0.15, 0.2) is 23.1 Å². The second kappa shape index (κ2) is 8.67. The maximum atomic E-state index is 12.7. The van der Waals surface area contributed by atoms with Gasteiger partial charge in [-0.25, -0.2) is 0 Å². The molecule has 1 aliphatic rings. The molecule has 1 saturated heterocycles. The highest BCUT2D eigenvalue weighted by Crippen LogP contribution is 2.34. The van der Waals surface area contributed by atoms with Crippen molar-refractivity contribution in [2.75, 3.05) is 26.1 Å². The lowest BCUT2D eigenvalue weighted by molar-refractivity contribution is -0.126. The Kier molecular flexibility index (Phi) is 6.27. The molecule has 2 aromatic rings. The van der Waals surface area contributed by atoms with Crippen LogP contribution in [0.3, 0.4) is 0 Å². The van der Waals surface area contributed by atoms with Gasteiger partial charge < -0.3 is 9.47 Å². The van der Waals surface area contributed by atoms with Gasteiger partial charge in [0.25, 0.3) is 5.91 Å². The van der Waals surface area contributed by atoms with Crippen molar-refractivity contribution in [2.24, 2.45) is 0 Å². The fraction of sp³-hybridized carbons (Fsp3) is 0.235. The van der Waals surface area contributed by atoms with E-state index in [1.807, 2.05) is 0 Å². The molecule has 1 aromatic heterocycles. The van der Waals surface area contributed by atoms with Crippen molar-refractivity contribution in [1.29, 1.82) is 0 Å². The highest BCUT2D eigenvalue weighted by atomic mass is 32.2. The number of rotatable bonds is 6. The number of benzene rings is 1. The summed E-state index contributed by atoms with van der Waals surface area (Å²) < 4.78 is 10.8. The Morgan fingerprint density at radius 2 is 2.04 bits per heavy atom. The number of amides is 2. The number of aromatic nitrogens is 2. The molecule has 0 aliphatic carbocycles. The maximum absolute atomic E-state index is 12.7. The topological polar surface area (TPSA) is 93.6 Å². The third kappa shape index (κ3) is 4.49. The lowest BCUT2D eigenvalue weighted by Gasteiger charge is -2.13. The smallest absolute Gasteiger partial charge is 0.266 e. The summed E-state index contributed by atoms with van der Waals surface area (Å²) in [7, 11) is 3.09. The Morgan fingerprint density at radius 3 is 2.68 bits per heavy atom. The average molecular weight is 437 g/mol. The van der Waals surface area contributed by atoms with Crippen LogP contribution < -0.4 is 14.8 Å². The molecule has 1 aliphatic heterocycles. The van der Waals surface area contributed by atoms with Gasteiger partial charge in [0.1, 0.15) is 15.9 Å². The number of carbonyl (C=O) groups is 2. The molecule has 0 saturated carbocycles. The average Bonchev–Trinajstić information content (AvgIpc) is 3.19. The van der Waals surface area contributed by atoms with Crippen molar-refractivity contribution in [2.45, 2.75) is 6.92 Å². The molecule has 1 N–H and O–H groups in total. The number of nitrogens with one attached hydrogen (secondary N) is 1. The monoisotopic (exact) mass is 436 g/mol. The van der Waals surface area contributed by atoms with E-state index in [1.165, 1.54) is 16.2 Å². The molecule has 1 fully saturated rings. The van der Waals surface area contributed by atoms with E-state index in [9.17, 15) is 9.59 Å². The van der Waals surface area contributed by atoms with Gasteiger partial charge in [-0.15, -0.1) is 10.2 Å². The van der Waals surface area contributed by atoms with Gasteiger partial charge in [0, 0.05) is 0 Å². The van der Waals surface area contributed by atoms with Gasteiger partial charge in [-0.2, -0.15) is 0 Å². The van der Waals surface area contributed by atoms with Gasteiger partial charge in [0.2, 0.25) is 11.0 Å². The Morgan fingerprint density at radius 1 is 1.29 bits per heavy atom. The maximum Gasteiger partial charge on any atom is 0.266 e. The number of thiocarbonyl (C=S) groups is 1. The number of thioether (sulfide) groups is 1. The highest BCUT2D eigenvalue weighted by molar-refractivity contribution is 8.26. The van der Waals surface area contributed by atoms with Crippen LogP contribution in [0.2, 0.25) is 0 Å². The molecule has 0 atom stereocenters. The number of methoxy groups -OCH3 is 2. The van der Waals surface area contributed by atoms with E-state index in [0.29, 0.717) is 25.9 Å². The summed E-state index contributed by atoms with van der Waals surface area (Å²) in [5.41, 5.74) is 0.756. The van der Waals surface area contributed by atoms with Crippen LogP contribution in [0.4, 0.5) is 5.13 Å².